The van der Waals surface area contributed by atoms with Crippen molar-refractivity contribution >= 4 is 16.9 Å². The Kier molecular flexibility index (Phi) is 4.62. The second-order valence-electron chi connectivity index (χ2n) is 5.97. The standard InChI is InChI=1S/C17H20N6O2/c1-18-16(24)12-6-4-11(5-7-12)9-22(2)10-14-20-15-13(17(25)21-14)8-19-23(15)3/h4-8H,9-10H2,1-3H3,(H,18,24)(H,20,21,25). The van der Waals surface area contributed by atoms with Gasteiger partial charge in [-0.1, -0.05) is 12.1 Å². The van der Waals surface area contributed by atoms with Crippen molar-refractivity contribution in [3.8, 4) is 0 Å². The van der Waals surface area contributed by atoms with Gasteiger partial charge in [-0.25, -0.2) is 4.98 Å². The van der Waals surface area contributed by atoms with Crippen molar-refractivity contribution in [3.05, 3.63) is 57.8 Å². The zero-order valence-corrected chi connectivity index (χ0v) is 14.4. The summed E-state index contributed by atoms with van der Waals surface area (Å²) in [4.78, 5) is 32.9. The number of rotatable bonds is 5. The summed E-state index contributed by atoms with van der Waals surface area (Å²) in [5, 5.41) is 7.14. The molecular weight excluding hydrogens is 320 g/mol. The monoisotopic (exact) mass is 340 g/mol. The molecule has 0 radical (unpaired) electrons. The summed E-state index contributed by atoms with van der Waals surface area (Å²) in [7, 11) is 5.31. The van der Waals surface area contributed by atoms with Crippen LogP contribution in [0.15, 0.2) is 35.3 Å². The van der Waals surface area contributed by atoms with Gasteiger partial charge in [0.1, 0.15) is 11.2 Å². The summed E-state index contributed by atoms with van der Waals surface area (Å²) in [5.41, 5.74) is 2.08. The molecular formula is C17H20N6O2. The number of H-pyrrole nitrogens is 1. The van der Waals surface area contributed by atoms with Crippen molar-refractivity contribution in [2.24, 2.45) is 7.05 Å². The van der Waals surface area contributed by atoms with Crippen LogP contribution in [0.2, 0.25) is 0 Å². The lowest BCUT2D eigenvalue weighted by Gasteiger charge is -2.16. The van der Waals surface area contributed by atoms with Crippen molar-refractivity contribution in [3.63, 3.8) is 0 Å². The van der Waals surface area contributed by atoms with E-state index in [4.69, 9.17) is 0 Å². The third-order valence-corrected chi connectivity index (χ3v) is 3.97. The van der Waals surface area contributed by atoms with Gasteiger partial charge in [0, 0.05) is 26.2 Å². The number of fused-ring (bicyclic) bond motifs is 1. The molecule has 0 aliphatic carbocycles. The van der Waals surface area contributed by atoms with E-state index in [0.29, 0.717) is 35.5 Å². The van der Waals surface area contributed by atoms with Gasteiger partial charge in [0.05, 0.1) is 12.7 Å². The molecule has 0 fully saturated rings. The van der Waals surface area contributed by atoms with Crippen LogP contribution >= 0.6 is 0 Å². The summed E-state index contributed by atoms with van der Waals surface area (Å²) in [5.74, 6) is 0.483. The van der Waals surface area contributed by atoms with Crippen molar-refractivity contribution in [1.29, 1.82) is 0 Å². The Morgan fingerprint density at radius 3 is 2.68 bits per heavy atom. The molecule has 3 aromatic rings. The predicted molar refractivity (Wildman–Crippen MR) is 94.1 cm³/mol. The highest BCUT2D eigenvalue weighted by Gasteiger charge is 2.10. The predicted octanol–water partition coefficient (Wildman–Crippen LogP) is 0.648. The normalized spacial score (nSPS) is 11.2. The van der Waals surface area contributed by atoms with Crippen LogP contribution in [-0.4, -0.2) is 44.7 Å². The highest BCUT2D eigenvalue weighted by molar-refractivity contribution is 5.93. The summed E-state index contributed by atoms with van der Waals surface area (Å²) in [6.07, 6.45) is 1.52. The van der Waals surface area contributed by atoms with Gasteiger partial charge in [-0.2, -0.15) is 5.10 Å². The molecule has 8 heteroatoms. The van der Waals surface area contributed by atoms with Gasteiger partial charge in [0.15, 0.2) is 5.65 Å². The van der Waals surface area contributed by atoms with Crippen molar-refractivity contribution in [1.82, 2.24) is 30.0 Å². The molecule has 0 saturated carbocycles. The lowest BCUT2D eigenvalue weighted by Crippen LogP contribution is -2.22. The Morgan fingerprint density at radius 1 is 1.28 bits per heavy atom. The Bertz CT molecular complexity index is 957. The minimum atomic E-state index is -0.184. The van der Waals surface area contributed by atoms with E-state index in [1.165, 1.54) is 6.20 Å². The molecule has 2 heterocycles. The molecule has 0 atom stereocenters. The number of aromatic amines is 1. The van der Waals surface area contributed by atoms with Crippen LogP contribution in [0.5, 0.6) is 0 Å². The number of hydrogen-bond donors (Lipinski definition) is 2. The van der Waals surface area contributed by atoms with Crippen LogP contribution < -0.4 is 10.9 Å². The van der Waals surface area contributed by atoms with E-state index in [-0.39, 0.29) is 11.5 Å². The average Bonchev–Trinajstić information content (AvgIpc) is 2.96. The number of aryl methyl sites for hydroxylation is 1. The number of carbonyl (C=O) groups excluding carboxylic acids is 1. The molecule has 8 nitrogen and oxygen atoms in total. The molecule has 0 saturated heterocycles. The van der Waals surface area contributed by atoms with Crippen LogP contribution in [0.25, 0.3) is 11.0 Å². The first-order chi connectivity index (χ1) is 12.0. The van der Waals surface area contributed by atoms with Gasteiger partial charge >= 0.3 is 0 Å². The second-order valence-corrected chi connectivity index (χ2v) is 5.97. The number of nitrogens with zero attached hydrogens (tertiary/aromatic N) is 4. The largest absolute Gasteiger partial charge is 0.355 e. The van der Waals surface area contributed by atoms with Gasteiger partial charge in [-0.15, -0.1) is 0 Å². The molecule has 0 aliphatic rings. The van der Waals surface area contributed by atoms with Crippen LogP contribution in [0, 0.1) is 0 Å². The number of aromatic nitrogens is 4. The zero-order valence-electron chi connectivity index (χ0n) is 14.4. The molecule has 0 aliphatic heterocycles. The van der Waals surface area contributed by atoms with Gasteiger partial charge < -0.3 is 10.3 Å². The lowest BCUT2D eigenvalue weighted by molar-refractivity contribution is 0.0963. The summed E-state index contributed by atoms with van der Waals surface area (Å²) >= 11 is 0. The summed E-state index contributed by atoms with van der Waals surface area (Å²) in [6, 6.07) is 7.43. The lowest BCUT2D eigenvalue weighted by atomic mass is 10.1. The van der Waals surface area contributed by atoms with Gasteiger partial charge in [-0.3, -0.25) is 19.2 Å². The molecule has 3 rings (SSSR count). The molecule has 0 spiro atoms. The fourth-order valence-electron chi connectivity index (χ4n) is 2.68. The molecule has 2 N–H and O–H groups in total. The van der Waals surface area contributed by atoms with Crippen LogP contribution in [-0.2, 0) is 20.1 Å². The molecule has 130 valence electrons. The quantitative estimate of drug-likeness (QED) is 0.711. The maximum absolute atomic E-state index is 12.1. The van der Waals surface area contributed by atoms with Gasteiger partial charge in [0.2, 0.25) is 0 Å². The molecule has 25 heavy (non-hydrogen) atoms. The van der Waals surface area contributed by atoms with Crippen molar-refractivity contribution in [2.75, 3.05) is 14.1 Å². The minimum Gasteiger partial charge on any atom is -0.355 e. The fourth-order valence-corrected chi connectivity index (χ4v) is 2.68. The fraction of sp³-hybridized carbons (Fsp3) is 0.294. The first kappa shape index (κ1) is 16.8. The van der Waals surface area contributed by atoms with Crippen LogP contribution in [0.1, 0.15) is 21.7 Å². The maximum Gasteiger partial charge on any atom is 0.262 e. The van der Waals surface area contributed by atoms with E-state index in [9.17, 15) is 9.59 Å². The molecule has 1 amide bonds. The third kappa shape index (κ3) is 3.58. The van der Waals surface area contributed by atoms with Gasteiger partial charge in [-0.05, 0) is 24.7 Å². The molecule has 1 aromatic carbocycles. The number of hydrogen-bond acceptors (Lipinski definition) is 5. The first-order valence-corrected chi connectivity index (χ1v) is 7.88. The van der Waals surface area contributed by atoms with E-state index < -0.39 is 0 Å². The van der Waals surface area contributed by atoms with Crippen LogP contribution in [0.4, 0.5) is 0 Å². The van der Waals surface area contributed by atoms with E-state index in [0.717, 1.165) is 5.56 Å². The summed E-state index contributed by atoms with van der Waals surface area (Å²) < 4.78 is 1.59. The van der Waals surface area contributed by atoms with E-state index >= 15 is 0 Å². The Morgan fingerprint density at radius 2 is 2.00 bits per heavy atom. The minimum absolute atomic E-state index is 0.105. The van der Waals surface area contributed by atoms with E-state index in [1.807, 2.05) is 24.1 Å². The Hall–Kier alpha value is -3.00. The smallest absolute Gasteiger partial charge is 0.262 e. The van der Waals surface area contributed by atoms with Gasteiger partial charge in [0.25, 0.3) is 11.5 Å². The maximum atomic E-state index is 12.1. The Labute approximate surface area is 144 Å². The molecule has 2 aromatic heterocycles. The zero-order chi connectivity index (χ0) is 18.0. The number of nitrogens with one attached hydrogen (secondary N) is 2. The number of benzene rings is 1. The molecule has 0 bridgehead atoms. The van der Waals surface area contributed by atoms with E-state index in [1.54, 1.807) is 30.9 Å². The van der Waals surface area contributed by atoms with Crippen molar-refractivity contribution < 1.29 is 4.79 Å². The third-order valence-electron chi connectivity index (χ3n) is 3.97. The average molecular weight is 340 g/mol. The topological polar surface area (TPSA) is 95.9 Å². The number of carbonyl (C=O) groups is 1. The Balaban J connectivity index is 1.72. The number of amides is 1. The first-order valence-electron chi connectivity index (χ1n) is 7.88. The molecule has 0 unspecified atom stereocenters. The van der Waals surface area contributed by atoms with Crippen LogP contribution in [0.3, 0.4) is 0 Å². The highest BCUT2D eigenvalue weighted by Crippen LogP contribution is 2.09. The highest BCUT2D eigenvalue weighted by atomic mass is 16.1. The van der Waals surface area contributed by atoms with E-state index in [2.05, 4.69) is 20.4 Å². The summed E-state index contributed by atoms with van der Waals surface area (Å²) in [6.45, 7) is 1.16. The van der Waals surface area contributed by atoms with Crippen molar-refractivity contribution in [2.45, 2.75) is 13.1 Å². The SMILES string of the molecule is CNC(=O)c1ccc(CN(C)Cc2nc3c(cnn3C)c(=O)[nH]2)cc1. The second kappa shape index (κ2) is 6.86.